The van der Waals surface area contributed by atoms with E-state index in [0.29, 0.717) is 17.0 Å². The summed E-state index contributed by atoms with van der Waals surface area (Å²) in [5.74, 6) is -2.91. The van der Waals surface area contributed by atoms with Gasteiger partial charge in [0.05, 0.1) is 6.61 Å². The summed E-state index contributed by atoms with van der Waals surface area (Å²) in [6, 6.07) is 11.2. The Morgan fingerprint density at radius 2 is 1.88 bits per heavy atom. The van der Waals surface area contributed by atoms with Gasteiger partial charge in [0.2, 0.25) is 11.7 Å². The van der Waals surface area contributed by atoms with E-state index in [2.05, 4.69) is 4.98 Å². The summed E-state index contributed by atoms with van der Waals surface area (Å²) in [4.78, 5) is 5.49. The van der Waals surface area contributed by atoms with Crippen LogP contribution in [0.15, 0.2) is 48.7 Å². The number of rotatable bonds is 5. The van der Waals surface area contributed by atoms with Crippen LogP contribution in [-0.2, 0) is 16.9 Å². The van der Waals surface area contributed by atoms with Gasteiger partial charge < -0.3 is 30.3 Å². The van der Waals surface area contributed by atoms with Crippen molar-refractivity contribution in [3.63, 3.8) is 0 Å². The smallest absolute Gasteiger partial charge is 0.222 e. The molecule has 1 fully saturated rings. The molecule has 4 rings (SSSR count). The van der Waals surface area contributed by atoms with Crippen molar-refractivity contribution in [1.29, 1.82) is 0 Å². The number of hydrogen-bond donors (Lipinski definition) is 5. The summed E-state index contributed by atoms with van der Waals surface area (Å²) < 4.78 is 18.5. The van der Waals surface area contributed by atoms with E-state index in [0.717, 1.165) is 15.3 Å². The first-order valence-electron chi connectivity index (χ1n) is 9.77. The zero-order valence-electron chi connectivity index (χ0n) is 16.6. The SMILES string of the molecule is OC[C@H]1OC(O)(c2ccc(Cl)c(Cc3ccc(-c4ccc(F)nc4)s3)c2)[C@H](O)[C@@H](O)[C@@H]1O. The minimum Gasteiger partial charge on any atom is -0.394 e. The molecular weight excluding hydrogens is 461 g/mol. The Kier molecular flexibility index (Phi) is 6.62. The Balaban J connectivity index is 1.61. The molecule has 3 heterocycles. The first-order valence-corrected chi connectivity index (χ1v) is 11.0. The third-order valence-corrected chi connectivity index (χ3v) is 6.97. The molecule has 5 atom stereocenters. The monoisotopic (exact) mass is 481 g/mol. The van der Waals surface area contributed by atoms with Gasteiger partial charge in [-0.25, -0.2) is 4.98 Å². The van der Waals surface area contributed by atoms with Crippen LogP contribution in [0.3, 0.4) is 0 Å². The number of aliphatic hydroxyl groups excluding tert-OH is 4. The van der Waals surface area contributed by atoms with Gasteiger partial charge in [-0.05, 0) is 42.0 Å². The van der Waals surface area contributed by atoms with Crippen molar-refractivity contribution in [3.8, 4) is 10.4 Å². The van der Waals surface area contributed by atoms with E-state index in [1.807, 2.05) is 12.1 Å². The lowest BCUT2D eigenvalue weighted by molar-refractivity contribution is -0.357. The van der Waals surface area contributed by atoms with Crippen molar-refractivity contribution in [2.75, 3.05) is 6.61 Å². The fourth-order valence-corrected chi connectivity index (χ4v) is 4.87. The van der Waals surface area contributed by atoms with Crippen LogP contribution in [0.4, 0.5) is 4.39 Å². The Labute approximate surface area is 192 Å². The maximum absolute atomic E-state index is 13.1. The highest BCUT2D eigenvalue weighted by Gasteiger charge is 2.53. The number of ether oxygens (including phenoxy) is 1. The van der Waals surface area contributed by atoms with Crippen LogP contribution in [0.25, 0.3) is 10.4 Å². The summed E-state index contributed by atoms with van der Waals surface area (Å²) in [7, 11) is 0. The average molecular weight is 482 g/mol. The van der Waals surface area contributed by atoms with Gasteiger partial charge in [-0.3, -0.25) is 0 Å². The highest BCUT2D eigenvalue weighted by atomic mass is 35.5. The minimum absolute atomic E-state index is 0.119. The maximum atomic E-state index is 13.1. The fourth-order valence-electron chi connectivity index (χ4n) is 3.66. The summed E-state index contributed by atoms with van der Waals surface area (Å²) in [6.45, 7) is -0.663. The number of halogens is 2. The Bertz CT molecular complexity index is 1090. The van der Waals surface area contributed by atoms with E-state index in [1.165, 1.54) is 35.7 Å². The van der Waals surface area contributed by atoms with Gasteiger partial charge in [0.1, 0.15) is 24.4 Å². The molecule has 0 amide bonds. The lowest BCUT2D eigenvalue weighted by atomic mass is 9.87. The molecule has 7 nitrogen and oxygen atoms in total. The molecule has 0 aliphatic carbocycles. The van der Waals surface area contributed by atoms with Crippen molar-refractivity contribution in [1.82, 2.24) is 4.98 Å². The molecular formula is C22H21ClFNO6S. The molecule has 5 N–H and O–H groups in total. The second kappa shape index (κ2) is 9.12. The standard InChI is InChI=1S/C22H21ClFNO6S/c23-15-4-2-13(22(30)21(29)20(28)19(27)16(10-26)31-22)7-12(15)8-14-3-5-17(32-14)11-1-6-18(24)25-9-11/h1-7,9,16,19-21,26-30H,8,10H2/t16-,19-,20+,21-,22?/m1/s1. The van der Waals surface area contributed by atoms with E-state index < -0.39 is 42.8 Å². The second-order valence-corrected chi connectivity index (χ2v) is 9.16. The molecule has 1 saturated heterocycles. The number of aromatic nitrogens is 1. The minimum atomic E-state index is -2.36. The Morgan fingerprint density at radius 3 is 2.56 bits per heavy atom. The summed E-state index contributed by atoms with van der Waals surface area (Å²) >= 11 is 7.83. The van der Waals surface area contributed by atoms with Crippen LogP contribution < -0.4 is 0 Å². The highest BCUT2D eigenvalue weighted by Crippen LogP contribution is 2.38. The zero-order chi connectivity index (χ0) is 23.0. The van der Waals surface area contributed by atoms with Gasteiger partial charge in [-0.1, -0.05) is 17.7 Å². The summed E-state index contributed by atoms with van der Waals surface area (Å²) in [6.07, 6.45) is -4.59. The molecule has 1 aliphatic rings. The van der Waals surface area contributed by atoms with E-state index in [4.69, 9.17) is 16.3 Å². The van der Waals surface area contributed by atoms with Gasteiger partial charge in [0.15, 0.2) is 0 Å². The Hall–Kier alpha value is -1.95. The van der Waals surface area contributed by atoms with E-state index in [9.17, 15) is 29.9 Å². The molecule has 170 valence electrons. The zero-order valence-corrected chi connectivity index (χ0v) is 18.2. The molecule has 10 heteroatoms. The molecule has 1 aromatic carbocycles. The predicted molar refractivity (Wildman–Crippen MR) is 116 cm³/mol. The largest absolute Gasteiger partial charge is 0.394 e. The number of benzene rings is 1. The van der Waals surface area contributed by atoms with Crippen LogP contribution in [-0.4, -0.2) is 61.5 Å². The average Bonchev–Trinajstić information content (AvgIpc) is 3.25. The number of pyridine rings is 1. The molecule has 0 bridgehead atoms. The lowest BCUT2D eigenvalue weighted by Gasteiger charge is -2.45. The first-order chi connectivity index (χ1) is 15.2. The fraction of sp³-hybridized carbons (Fsp3) is 0.318. The molecule has 1 aliphatic heterocycles. The second-order valence-electron chi connectivity index (χ2n) is 7.58. The predicted octanol–water partition coefficient (Wildman–Crippen LogP) is 1.81. The quantitative estimate of drug-likeness (QED) is 0.352. The van der Waals surface area contributed by atoms with Gasteiger partial charge >= 0.3 is 0 Å². The topological polar surface area (TPSA) is 123 Å². The number of hydrogen-bond acceptors (Lipinski definition) is 8. The number of thiophene rings is 1. The van der Waals surface area contributed by atoms with Crippen LogP contribution >= 0.6 is 22.9 Å². The van der Waals surface area contributed by atoms with Crippen molar-refractivity contribution in [2.45, 2.75) is 36.6 Å². The maximum Gasteiger partial charge on any atom is 0.222 e. The highest BCUT2D eigenvalue weighted by molar-refractivity contribution is 7.15. The third-order valence-electron chi connectivity index (χ3n) is 5.46. The Morgan fingerprint density at radius 1 is 1.09 bits per heavy atom. The normalized spacial score (nSPS) is 28.1. The van der Waals surface area contributed by atoms with Gasteiger partial charge in [-0.15, -0.1) is 11.3 Å². The summed E-state index contributed by atoms with van der Waals surface area (Å²) in [5.41, 5.74) is 1.52. The van der Waals surface area contributed by atoms with E-state index >= 15 is 0 Å². The molecule has 3 aromatic rings. The van der Waals surface area contributed by atoms with Crippen molar-refractivity contribution in [3.05, 3.63) is 75.6 Å². The first kappa shape index (κ1) is 23.2. The van der Waals surface area contributed by atoms with Gasteiger partial charge in [0, 0.05) is 38.5 Å². The van der Waals surface area contributed by atoms with Crippen LogP contribution in [0.2, 0.25) is 5.02 Å². The number of aliphatic hydroxyl groups is 5. The van der Waals surface area contributed by atoms with E-state index in [-0.39, 0.29) is 5.56 Å². The summed E-state index contributed by atoms with van der Waals surface area (Å²) in [5, 5.41) is 51.3. The van der Waals surface area contributed by atoms with Crippen LogP contribution in [0.5, 0.6) is 0 Å². The third kappa shape index (κ3) is 4.30. The van der Waals surface area contributed by atoms with Crippen molar-refractivity contribution in [2.24, 2.45) is 0 Å². The lowest BCUT2D eigenvalue weighted by Crippen LogP contribution is -2.63. The number of nitrogens with zero attached hydrogens (tertiary/aromatic N) is 1. The molecule has 0 spiro atoms. The molecule has 1 unspecified atom stereocenters. The molecule has 0 saturated carbocycles. The van der Waals surface area contributed by atoms with Crippen LogP contribution in [0, 0.1) is 5.95 Å². The molecule has 0 radical (unpaired) electrons. The van der Waals surface area contributed by atoms with Gasteiger partial charge in [-0.2, -0.15) is 4.39 Å². The van der Waals surface area contributed by atoms with E-state index in [1.54, 1.807) is 12.1 Å². The van der Waals surface area contributed by atoms with Gasteiger partial charge in [0.25, 0.3) is 0 Å². The van der Waals surface area contributed by atoms with Crippen molar-refractivity contribution < 1.29 is 34.7 Å². The van der Waals surface area contributed by atoms with Crippen molar-refractivity contribution >= 4 is 22.9 Å². The molecule has 2 aromatic heterocycles. The molecule has 32 heavy (non-hydrogen) atoms. The van der Waals surface area contributed by atoms with Crippen LogP contribution in [0.1, 0.15) is 16.0 Å².